The van der Waals surface area contributed by atoms with E-state index in [1.165, 1.54) is 0 Å². The van der Waals surface area contributed by atoms with E-state index in [4.69, 9.17) is 18.9 Å². The summed E-state index contributed by atoms with van der Waals surface area (Å²) in [5.41, 5.74) is 3.26. The second kappa shape index (κ2) is 12.5. The summed E-state index contributed by atoms with van der Waals surface area (Å²) in [7, 11) is 1.68. The summed E-state index contributed by atoms with van der Waals surface area (Å²) in [4.78, 5) is 28.2. The lowest BCUT2D eigenvalue weighted by Crippen LogP contribution is -2.39. The van der Waals surface area contributed by atoms with Gasteiger partial charge in [-0.2, -0.15) is 0 Å². The average molecular weight is 579 g/mol. The molecule has 42 heavy (non-hydrogen) atoms. The van der Waals surface area contributed by atoms with Gasteiger partial charge in [0.15, 0.2) is 0 Å². The number of likely N-dealkylation sites (tertiary alicyclic amines) is 1. The van der Waals surface area contributed by atoms with Gasteiger partial charge in [0.25, 0.3) is 0 Å². The van der Waals surface area contributed by atoms with Crippen LogP contribution in [0.5, 0.6) is 5.75 Å². The number of aromatic nitrogens is 1. The molecule has 0 bridgehead atoms. The summed E-state index contributed by atoms with van der Waals surface area (Å²) in [6.07, 6.45) is 3.27. The molecule has 1 aliphatic rings. The van der Waals surface area contributed by atoms with Crippen molar-refractivity contribution in [2.75, 3.05) is 20.3 Å². The molecule has 4 rings (SSSR count). The van der Waals surface area contributed by atoms with Crippen molar-refractivity contribution in [1.29, 1.82) is 0 Å². The summed E-state index contributed by atoms with van der Waals surface area (Å²) >= 11 is 0. The van der Waals surface area contributed by atoms with Gasteiger partial charge in [-0.15, -0.1) is 0 Å². The number of methoxy groups -OCH3 is 1. The van der Waals surface area contributed by atoms with Crippen molar-refractivity contribution in [3.05, 3.63) is 64.8 Å². The number of benzene rings is 2. The van der Waals surface area contributed by atoms with E-state index >= 15 is 0 Å². The van der Waals surface area contributed by atoms with E-state index in [-0.39, 0.29) is 18.1 Å². The third kappa shape index (κ3) is 7.34. The average Bonchev–Trinajstić information content (AvgIpc) is 3.35. The molecule has 8 heteroatoms. The van der Waals surface area contributed by atoms with E-state index in [0.717, 1.165) is 52.7 Å². The van der Waals surface area contributed by atoms with E-state index in [9.17, 15) is 9.59 Å². The number of rotatable bonds is 7. The van der Waals surface area contributed by atoms with Gasteiger partial charge in [0.2, 0.25) is 0 Å². The molecule has 2 heterocycles. The molecule has 2 atom stereocenters. The summed E-state index contributed by atoms with van der Waals surface area (Å²) in [6.45, 7) is 17.3. The highest BCUT2D eigenvalue weighted by Gasteiger charge is 2.32. The number of carbonyl (C=O) groups is 2. The largest absolute Gasteiger partial charge is 0.496 e. The minimum absolute atomic E-state index is 0.0667. The molecule has 1 aromatic heterocycles. The Morgan fingerprint density at radius 2 is 1.64 bits per heavy atom. The van der Waals surface area contributed by atoms with Gasteiger partial charge < -0.3 is 18.9 Å². The zero-order valence-electron chi connectivity index (χ0n) is 26.6. The van der Waals surface area contributed by atoms with Crippen LogP contribution in [0.3, 0.4) is 0 Å². The monoisotopic (exact) mass is 578 g/mol. The Hall–Kier alpha value is -3.36. The van der Waals surface area contributed by atoms with Gasteiger partial charge in [-0.3, -0.25) is 9.47 Å². The number of carbonyl (C=O) groups excluding carboxylic acids is 2. The highest BCUT2D eigenvalue weighted by atomic mass is 16.6. The van der Waals surface area contributed by atoms with Crippen LogP contribution in [0.4, 0.5) is 4.79 Å². The lowest BCUT2D eigenvalue weighted by atomic mass is 9.91. The fraction of sp³-hybridized carbons (Fsp3) is 0.529. The van der Waals surface area contributed by atoms with E-state index in [2.05, 4.69) is 4.90 Å². The van der Waals surface area contributed by atoms with Crippen molar-refractivity contribution in [3.63, 3.8) is 0 Å². The molecule has 1 saturated heterocycles. The van der Waals surface area contributed by atoms with Crippen molar-refractivity contribution < 1.29 is 28.5 Å². The van der Waals surface area contributed by atoms with Crippen LogP contribution in [0.15, 0.2) is 42.6 Å². The van der Waals surface area contributed by atoms with Crippen molar-refractivity contribution >= 4 is 23.0 Å². The van der Waals surface area contributed by atoms with E-state index in [1.807, 2.05) is 91.8 Å². The second-order valence-corrected chi connectivity index (χ2v) is 13.0. The van der Waals surface area contributed by atoms with Crippen molar-refractivity contribution in [3.8, 4) is 5.75 Å². The molecule has 3 aromatic rings. The molecule has 0 radical (unpaired) electrons. The van der Waals surface area contributed by atoms with Crippen LogP contribution < -0.4 is 4.74 Å². The number of piperidine rings is 1. The summed E-state index contributed by atoms with van der Waals surface area (Å²) in [5.74, 6) is 0.455. The Labute approximate surface area is 249 Å². The topological polar surface area (TPSA) is 79.2 Å². The van der Waals surface area contributed by atoms with Crippen molar-refractivity contribution in [2.45, 2.75) is 98.1 Å². The van der Waals surface area contributed by atoms with Gasteiger partial charge in [0.05, 0.1) is 24.3 Å². The SMILES string of the molecule is CCOC1CCN(Cc2c(OC)cc(C)c3c2ccn3C(=O)OC(C)(C)C)C(c2ccc(C(=O)OC(C)(C)C)cc2)C1. The van der Waals surface area contributed by atoms with E-state index < -0.39 is 17.3 Å². The lowest BCUT2D eigenvalue weighted by Gasteiger charge is -2.40. The van der Waals surface area contributed by atoms with Gasteiger partial charge in [-0.1, -0.05) is 12.1 Å². The lowest BCUT2D eigenvalue weighted by molar-refractivity contribution is -0.0138. The van der Waals surface area contributed by atoms with Crippen LogP contribution in [0, 0.1) is 6.92 Å². The molecule has 228 valence electrons. The Bertz CT molecular complexity index is 1410. The number of hydrogen-bond acceptors (Lipinski definition) is 7. The highest BCUT2D eigenvalue weighted by molar-refractivity contribution is 5.95. The fourth-order valence-electron chi connectivity index (χ4n) is 5.66. The van der Waals surface area contributed by atoms with Crippen LogP contribution in [0.25, 0.3) is 10.9 Å². The number of fused-ring (bicyclic) bond motifs is 1. The molecule has 0 spiro atoms. The van der Waals surface area contributed by atoms with Gasteiger partial charge in [-0.05, 0) is 104 Å². The molecule has 8 nitrogen and oxygen atoms in total. The Balaban J connectivity index is 1.69. The summed E-state index contributed by atoms with van der Waals surface area (Å²) in [6, 6.07) is 11.8. The highest BCUT2D eigenvalue weighted by Crippen LogP contribution is 2.38. The molecular weight excluding hydrogens is 532 g/mol. The molecule has 2 unspecified atom stereocenters. The Morgan fingerprint density at radius 1 is 0.976 bits per heavy atom. The Morgan fingerprint density at radius 3 is 2.24 bits per heavy atom. The molecule has 1 aliphatic heterocycles. The molecule has 2 aromatic carbocycles. The number of aryl methyl sites for hydroxylation is 1. The zero-order valence-corrected chi connectivity index (χ0v) is 26.6. The number of hydrogen-bond donors (Lipinski definition) is 0. The number of esters is 1. The maximum absolute atomic E-state index is 13.1. The number of ether oxygens (including phenoxy) is 4. The third-order valence-corrected chi connectivity index (χ3v) is 7.40. The van der Waals surface area contributed by atoms with Crippen LogP contribution in [0.1, 0.15) is 94.4 Å². The second-order valence-electron chi connectivity index (χ2n) is 13.0. The molecule has 0 saturated carbocycles. The van der Waals surface area contributed by atoms with E-state index in [1.54, 1.807) is 17.9 Å². The first kappa shape index (κ1) is 31.6. The van der Waals surface area contributed by atoms with Gasteiger partial charge in [0, 0.05) is 42.9 Å². The van der Waals surface area contributed by atoms with Crippen LogP contribution >= 0.6 is 0 Å². The zero-order chi connectivity index (χ0) is 30.8. The van der Waals surface area contributed by atoms with Crippen LogP contribution in [0.2, 0.25) is 0 Å². The smallest absolute Gasteiger partial charge is 0.419 e. The van der Waals surface area contributed by atoms with Crippen LogP contribution in [-0.4, -0.2) is 59.1 Å². The molecule has 0 N–H and O–H groups in total. The molecule has 0 aliphatic carbocycles. The van der Waals surface area contributed by atoms with Gasteiger partial charge in [-0.25, -0.2) is 9.59 Å². The first-order valence-electron chi connectivity index (χ1n) is 14.8. The maximum atomic E-state index is 13.1. The van der Waals surface area contributed by atoms with Crippen LogP contribution in [-0.2, 0) is 20.8 Å². The Kier molecular flexibility index (Phi) is 9.38. The first-order chi connectivity index (χ1) is 19.7. The van der Waals surface area contributed by atoms with Gasteiger partial charge >= 0.3 is 12.1 Å². The predicted molar refractivity (Wildman–Crippen MR) is 164 cm³/mol. The molecule has 1 fully saturated rings. The summed E-state index contributed by atoms with van der Waals surface area (Å²) in [5, 5.41) is 0.962. The van der Waals surface area contributed by atoms with Crippen molar-refractivity contribution in [1.82, 2.24) is 9.47 Å². The number of nitrogens with zero attached hydrogens (tertiary/aromatic N) is 2. The standard InChI is InChI=1S/C34H46N2O6/c1-10-40-25-15-17-35(28(20-25)23-11-13-24(14-12-23)31(37)41-33(3,4)5)21-27-26-16-18-36(32(38)42-34(6,7)8)30(26)22(2)19-29(27)39-9/h11-14,16,18-19,25,28H,10,15,17,20-21H2,1-9H3. The fourth-order valence-corrected chi connectivity index (χ4v) is 5.66. The predicted octanol–water partition coefficient (Wildman–Crippen LogP) is 7.44. The minimum Gasteiger partial charge on any atom is -0.496 e. The maximum Gasteiger partial charge on any atom is 0.419 e. The third-order valence-electron chi connectivity index (χ3n) is 7.40. The van der Waals surface area contributed by atoms with Crippen molar-refractivity contribution in [2.24, 2.45) is 0 Å². The molecular formula is C34H46N2O6. The normalized spacial score (nSPS) is 18.2. The first-order valence-corrected chi connectivity index (χ1v) is 14.8. The quantitative estimate of drug-likeness (QED) is 0.270. The molecule has 0 amide bonds. The van der Waals surface area contributed by atoms with Gasteiger partial charge in [0.1, 0.15) is 17.0 Å². The van der Waals surface area contributed by atoms with E-state index in [0.29, 0.717) is 18.7 Å². The summed E-state index contributed by atoms with van der Waals surface area (Å²) < 4.78 is 24.8. The minimum atomic E-state index is -0.603.